The number of amides is 2. The molecule has 22 heavy (non-hydrogen) atoms. The van der Waals surface area contributed by atoms with Crippen LogP contribution >= 0.6 is 11.6 Å². The second-order valence-corrected chi connectivity index (χ2v) is 6.31. The summed E-state index contributed by atoms with van der Waals surface area (Å²) in [6, 6.07) is 5.90. The molecule has 0 aliphatic heterocycles. The van der Waals surface area contributed by atoms with Crippen LogP contribution in [0.4, 0.5) is 0 Å². The third-order valence-corrected chi connectivity index (χ3v) is 4.05. The van der Waals surface area contributed by atoms with Crippen molar-refractivity contribution in [2.75, 3.05) is 6.54 Å². The third-order valence-electron chi connectivity index (χ3n) is 3.72. The maximum atomic E-state index is 12.1. The first kappa shape index (κ1) is 18.5. The molecule has 122 valence electrons. The van der Waals surface area contributed by atoms with Gasteiger partial charge in [0.25, 0.3) is 5.91 Å². The second-order valence-electron chi connectivity index (χ2n) is 5.90. The van der Waals surface area contributed by atoms with Gasteiger partial charge in [0, 0.05) is 6.54 Å². The van der Waals surface area contributed by atoms with Gasteiger partial charge in [0.2, 0.25) is 5.91 Å². The van der Waals surface area contributed by atoms with E-state index in [4.69, 9.17) is 11.6 Å². The summed E-state index contributed by atoms with van der Waals surface area (Å²) in [6.45, 7) is 7.10. The van der Waals surface area contributed by atoms with Crippen molar-refractivity contribution in [3.8, 4) is 0 Å². The van der Waals surface area contributed by atoms with E-state index in [0.29, 0.717) is 10.6 Å². The van der Waals surface area contributed by atoms with Crippen LogP contribution in [-0.4, -0.2) is 35.1 Å². The monoisotopic (exact) mass is 326 g/mol. The Hall–Kier alpha value is -1.59. The molecule has 3 N–H and O–H groups in total. The van der Waals surface area contributed by atoms with Gasteiger partial charge in [-0.15, -0.1) is 0 Å². The Morgan fingerprint density at radius 2 is 1.86 bits per heavy atom. The lowest BCUT2D eigenvalue weighted by Gasteiger charge is -2.28. The van der Waals surface area contributed by atoms with Gasteiger partial charge in [0.05, 0.1) is 16.2 Å². The summed E-state index contributed by atoms with van der Waals surface area (Å²) in [5.74, 6) is -0.772. The summed E-state index contributed by atoms with van der Waals surface area (Å²) >= 11 is 5.94. The van der Waals surface area contributed by atoms with Gasteiger partial charge in [-0.3, -0.25) is 9.59 Å². The third kappa shape index (κ3) is 5.00. The van der Waals surface area contributed by atoms with Crippen molar-refractivity contribution in [1.29, 1.82) is 0 Å². The fraction of sp³-hybridized carbons (Fsp3) is 0.500. The van der Waals surface area contributed by atoms with E-state index in [-0.39, 0.29) is 18.4 Å². The largest absolute Gasteiger partial charge is 0.388 e. The molecule has 2 unspecified atom stereocenters. The Balaban J connectivity index is 2.58. The van der Waals surface area contributed by atoms with Gasteiger partial charge in [-0.05, 0) is 31.9 Å². The highest BCUT2D eigenvalue weighted by Gasteiger charge is 2.26. The first-order valence-corrected chi connectivity index (χ1v) is 7.58. The molecule has 0 bridgehead atoms. The van der Waals surface area contributed by atoms with E-state index in [1.54, 1.807) is 38.1 Å². The van der Waals surface area contributed by atoms with Crippen LogP contribution < -0.4 is 10.6 Å². The molecule has 0 saturated heterocycles. The fourth-order valence-electron chi connectivity index (χ4n) is 1.61. The summed E-state index contributed by atoms with van der Waals surface area (Å²) in [5, 5.41) is 15.7. The molecule has 0 radical (unpaired) electrons. The molecule has 0 aliphatic carbocycles. The van der Waals surface area contributed by atoms with Crippen LogP contribution in [0.5, 0.6) is 0 Å². The van der Waals surface area contributed by atoms with E-state index in [1.807, 2.05) is 13.8 Å². The van der Waals surface area contributed by atoms with Crippen LogP contribution in [0.3, 0.4) is 0 Å². The van der Waals surface area contributed by atoms with Gasteiger partial charge in [-0.2, -0.15) is 0 Å². The molecule has 0 aromatic heterocycles. The smallest absolute Gasteiger partial charge is 0.253 e. The van der Waals surface area contributed by atoms with E-state index >= 15 is 0 Å². The first-order valence-electron chi connectivity index (χ1n) is 7.20. The number of hydrogen-bond acceptors (Lipinski definition) is 3. The molecule has 2 atom stereocenters. The lowest BCUT2D eigenvalue weighted by molar-refractivity contribution is -0.124. The number of halogens is 1. The number of carbonyl (C=O) groups excluding carboxylic acids is 2. The summed E-state index contributed by atoms with van der Waals surface area (Å²) in [5.41, 5.74) is -0.680. The average Bonchev–Trinajstić information content (AvgIpc) is 2.44. The molecule has 0 saturated carbocycles. The Morgan fingerprint density at radius 1 is 1.27 bits per heavy atom. The van der Waals surface area contributed by atoms with Crippen LogP contribution in [-0.2, 0) is 4.79 Å². The molecule has 6 heteroatoms. The van der Waals surface area contributed by atoms with Crippen molar-refractivity contribution >= 4 is 23.4 Å². The number of nitrogens with one attached hydrogen (secondary N) is 2. The van der Waals surface area contributed by atoms with Crippen molar-refractivity contribution in [3.05, 3.63) is 34.9 Å². The Kier molecular flexibility index (Phi) is 6.38. The topological polar surface area (TPSA) is 78.4 Å². The standard InChI is InChI=1S/C16H23ClN2O3/c1-10(2)16(4,22)9-18-14(20)11(3)19-15(21)12-7-5-6-8-13(12)17/h5-8,10-11,22H,9H2,1-4H3,(H,18,20)(H,19,21). The Bertz CT molecular complexity index is 544. The Labute approximate surface area is 136 Å². The number of aliphatic hydroxyl groups is 1. The minimum Gasteiger partial charge on any atom is -0.388 e. The quantitative estimate of drug-likeness (QED) is 0.748. The molecule has 0 spiro atoms. The van der Waals surface area contributed by atoms with E-state index < -0.39 is 17.6 Å². The normalized spacial score (nSPS) is 15.0. The molecule has 1 rings (SSSR count). The van der Waals surface area contributed by atoms with Gasteiger partial charge in [0.15, 0.2) is 0 Å². The van der Waals surface area contributed by atoms with E-state index in [9.17, 15) is 14.7 Å². The molecule has 0 aliphatic rings. The SMILES string of the molecule is CC(NC(=O)c1ccccc1Cl)C(=O)NCC(C)(O)C(C)C. The van der Waals surface area contributed by atoms with Crippen LogP contribution in [0.15, 0.2) is 24.3 Å². The van der Waals surface area contributed by atoms with Gasteiger partial charge in [-0.1, -0.05) is 37.6 Å². The maximum absolute atomic E-state index is 12.1. The van der Waals surface area contributed by atoms with Crippen molar-refractivity contribution < 1.29 is 14.7 Å². The van der Waals surface area contributed by atoms with Crippen molar-refractivity contribution in [2.24, 2.45) is 5.92 Å². The first-order chi connectivity index (χ1) is 10.1. The van der Waals surface area contributed by atoms with Gasteiger partial charge in [0.1, 0.15) is 6.04 Å². The molecule has 2 amide bonds. The molecule has 5 nitrogen and oxygen atoms in total. The fourth-order valence-corrected chi connectivity index (χ4v) is 1.83. The van der Waals surface area contributed by atoms with Crippen LogP contribution in [0.25, 0.3) is 0 Å². The summed E-state index contributed by atoms with van der Waals surface area (Å²) < 4.78 is 0. The number of hydrogen-bond donors (Lipinski definition) is 3. The molecule has 0 heterocycles. The number of carbonyl (C=O) groups is 2. The van der Waals surface area contributed by atoms with Crippen molar-refractivity contribution in [3.63, 3.8) is 0 Å². The van der Waals surface area contributed by atoms with Gasteiger partial charge >= 0.3 is 0 Å². The number of benzene rings is 1. The average molecular weight is 327 g/mol. The zero-order valence-corrected chi connectivity index (χ0v) is 14.1. The van der Waals surface area contributed by atoms with Crippen LogP contribution in [0, 0.1) is 5.92 Å². The van der Waals surface area contributed by atoms with Crippen molar-refractivity contribution in [2.45, 2.75) is 39.3 Å². The Morgan fingerprint density at radius 3 is 2.41 bits per heavy atom. The summed E-state index contributed by atoms with van der Waals surface area (Å²) in [7, 11) is 0. The molecule has 1 aromatic carbocycles. The highest BCUT2D eigenvalue weighted by molar-refractivity contribution is 6.33. The zero-order valence-electron chi connectivity index (χ0n) is 13.3. The highest BCUT2D eigenvalue weighted by atomic mass is 35.5. The van der Waals surface area contributed by atoms with Crippen molar-refractivity contribution in [1.82, 2.24) is 10.6 Å². The lowest BCUT2D eigenvalue weighted by Crippen LogP contribution is -2.50. The second kappa shape index (κ2) is 7.61. The molecular formula is C16H23ClN2O3. The highest BCUT2D eigenvalue weighted by Crippen LogP contribution is 2.15. The zero-order chi connectivity index (χ0) is 16.9. The van der Waals surface area contributed by atoms with E-state index in [1.165, 1.54) is 0 Å². The summed E-state index contributed by atoms with van der Waals surface area (Å²) in [4.78, 5) is 24.1. The minimum atomic E-state index is -0.998. The van der Waals surface area contributed by atoms with Crippen LogP contribution in [0.2, 0.25) is 5.02 Å². The molecule has 1 aromatic rings. The van der Waals surface area contributed by atoms with E-state index in [0.717, 1.165) is 0 Å². The lowest BCUT2D eigenvalue weighted by atomic mass is 9.92. The predicted molar refractivity (Wildman–Crippen MR) is 86.9 cm³/mol. The van der Waals surface area contributed by atoms with Crippen LogP contribution in [0.1, 0.15) is 38.1 Å². The maximum Gasteiger partial charge on any atom is 0.253 e. The summed E-state index contributed by atoms with van der Waals surface area (Å²) in [6.07, 6.45) is 0. The number of rotatable bonds is 6. The molecular weight excluding hydrogens is 304 g/mol. The molecule has 0 fully saturated rings. The van der Waals surface area contributed by atoms with E-state index in [2.05, 4.69) is 10.6 Å². The predicted octanol–water partition coefficient (Wildman–Crippen LogP) is 1.98. The minimum absolute atomic E-state index is 0.000762. The van der Waals surface area contributed by atoms with Gasteiger partial charge < -0.3 is 15.7 Å². The van der Waals surface area contributed by atoms with Gasteiger partial charge in [-0.25, -0.2) is 0 Å².